The molecule has 2 aromatic rings. The minimum Gasteiger partial charge on any atom is -0.348 e. The molecule has 0 saturated heterocycles. The summed E-state index contributed by atoms with van der Waals surface area (Å²) in [5.74, 6) is -0.342. The van der Waals surface area contributed by atoms with Crippen molar-refractivity contribution in [3.05, 3.63) is 65.2 Å². The van der Waals surface area contributed by atoms with Crippen LogP contribution in [0.1, 0.15) is 36.6 Å². The van der Waals surface area contributed by atoms with Crippen LogP contribution in [0.4, 0.5) is 5.69 Å². The van der Waals surface area contributed by atoms with Gasteiger partial charge in [0.1, 0.15) is 6.54 Å². The number of nitrogens with one attached hydrogen (secondary N) is 1. The van der Waals surface area contributed by atoms with E-state index in [1.807, 2.05) is 50.2 Å². The van der Waals surface area contributed by atoms with Gasteiger partial charge in [0.25, 0.3) is 0 Å². The quantitative estimate of drug-likeness (QED) is 0.809. The predicted molar refractivity (Wildman–Crippen MR) is 106 cm³/mol. The summed E-state index contributed by atoms with van der Waals surface area (Å²) >= 11 is 0. The summed E-state index contributed by atoms with van der Waals surface area (Å²) in [6, 6.07) is 15.0. The van der Waals surface area contributed by atoms with Crippen LogP contribution in [0.15, 0.2) is 48.5 Å². The van der Waals surface area contributed by atoms with Crippen LogP contribution in [-0.4, -0.2) is 27.1 Å². The first kappa shape index (κ1) is 20.0. The van der Waals surface area contributed by atoms with E-state index in [4.69, 9.17) is 0 Å². The molecule has 0 saturated carbocycles. The summed E-state index contributed by atoms with van der Waals surface area (Å²) in [7, 11) is -3.57. The third-order valence-electron chi connectivity index (χ3n) is 4.34. The second-order valence-corrected chi connectivity index (χ2v) is 8.35. The molecule has 6 heteroatoms. The topological polar surface area (TPSA) is 66.5 Å². The number of aryl methyl sites for hydroxylation is 2. The Morgan fingerprint density at radius 3 is 2.27 bits per heavy atom. The van der Waals surface area contributed by atoms with Crippen LogP contribution in [0.5, 0.6) is 0 Å². The number of sulfonamides is 1. The molecule has 1 N–H and O–H groups in total. The van der Waals surface area contributed by atoms with Crippen molar-refractivity contribution in [1.29, 1.82) is 0 Å². The van der Waals surface area contributed by atoms with E-state index in [0.717, 1.165) is 28.1 Å². The van der Waals surface area contributed by atoms with Crippen LogP contribution in [-0.2, 0) is 21.2 Å². The molecule has 2 rings (SSSR count). The minimum atomic E-state index is -3.57. The summed E-state index contributed by atoms with van der Waals surface area (Å²) in [6.45, 7) is 5.55. The maximum absolute atomic E-state index is 12.5. The molecule has 0 aliphatic rings. The number of carbonyl (C=O) groups excluding carboxylic acids is 1. The van der Waals surface area contributed by atoms with Crippen LogP contribution in [0.25, 0.3) is 0 Å². The maximum Gasteiger partial charge on any atom is 0.241 e. The molecule has 5 nitrogen and oxygen atoms in total. The largest absolute Gasteiger partial charge is 0.348 e. The van der Waals surface area contributed by atoms with Crippen molar-refractivity contribution in [3.63, 3.8) is 0 Å². The molecule has 1 atom stereocenters. The Balaban J connectivity index is 2.13. The average molecular weight is 375 g/mol. The normalized spacial score (nSPS) is 12.5. The highest BCUT2D eigenvalue weighted by Crippen LogP contribution is 2.22. The first-order valence-corrected chi connectivity index (χ1v) is 10.5. The molecule has 0 aliphatic heterocycles. The fourth-order valence-corrected chi connectivity index (χ4v) is 3.68. The monoisotopic (exact) mass is 374 g/mol. The Kier molecular flexibility index (Phi) is 6.42. The second-order valence-electron chi connectivity index (χ2n) is 6.44. The van der Waals surface area contributed by atoms with Gasteiger partial charge in [0.15, 0.2) is 0 Å². The fourth-order valence-electron chi connectivity index (χ4n) is 2.77. The van der Waals surface area contributed by atoms with Crippen LogP contribution in [0, 0.1) is 6.92 Å². The van der Waals surface area contributed by atoms with Crippen molar-refractivity contribution in [2.75, 3.05) is 17.1 Å². The molecule has 0 bridgehead atoms. The van der Waals surface area contributed by atoms with E-state index >= 15 is 0 Å². The Hall–Kier alpha value is -2.34. The summed E-state index contributed by atoms with van der Waals surface area (Å²) in [6.07, 6.45) is 2.07. The molecular formula is C20H26N2O3S. The van der Waals surface area contributed by atoms with Gasteiger partial charge in [-0.3, -0.25) is 9.10 Å². The zero-order chi connectivity index (χ0) is 19.3. The van der Waals surface area contributed by atoms with Gasteiger partial charge >= 0.3 is 0 Å². The van der Waals surface area contributed by atoms with Crippen LogP contribution in [0.2, 0.25) is 0 Å². The Morgan fingerprint density at radius 2 is 1.73 bits per heavy atom. The Bertz CT molecular complexity index is 861. The van der Waals surface area contributed by atoms with E-state index in [-0.39, 0.29) is 18.5 Å². The Labute approximate surface area is 156 Å². The molecule has 1 unspecified atom stereocenters. The van der Waals surface area contributed by atoms with Gasteiger partial charge in [-0.15, -0.1) is 0 Å². The van der Waals surface area contributed by atoms with Crippen molar-refractivity contribution in [3.8, 4) is 0 Å². The molecule has 0 aromatic heterocycles. The number of para-hydroxylation sites is 1. The number of hydrogen-bond acceptors (Lipinski definition) is 3. The van der Waals surface area contributed by atoms with E-state index in [1.54, 1.807) is 12.1 Å². The third-order valence-corrected chi connectivity index (χ3v) is 5.46. The van der Waals surface area contributed by atoms with Crippen molar-refractivity contribution >= 4 is 21.6 Å². The van der Waals surface area contributed by atoms with Crippen molar-refractivity contribution < 1.29 is 13.2 Å². The maximum atomic E-state index is 12.5. The number of rotatable bonds is 7. The smallest absolute Gasteiger partial charge is 0.241 e. The van der Waals surface area contributed by atoms with Crippen molar-refractivity contribution in [2.45, 2.75) is 33.2 Å². The minimum absolute atomic E-state index is 0.202. The molecular weight excluding hydrogens is 348 g/mol. The lowest BCUT2D eigenvalue weighted by molar-refractivity contribution is -0.120. The lowest BCUT2D eigenvalue weighted by Gasteiger charge is -2.24. The number of hydrogen-bond donors (Lipinski definition) is 1. The predicted octanol–water partition coefficient (Wildman–Crippen LogP) is 3.20. The van der Waals surface area contributed by atoms with Crippen LogP contribution >= 0.6 is 0 Å². The number of carbonyl (C=O) groups is 1. The van der Waals surface area contributed by atoms with Crippen molar-refractivity contribution in [1.82, 2.24) is 5.32 Å². The van der Waals surface area contributed by atoms with E-state index < -0.39 is 10.0 Å². The van der Waals surface area contributed by atoms with Crippen molar-refractivity contribution in [2.24, 2.45) is 0 Å². The summed E-state index contributed by atoms with van der Waals surface area (Å²) in [5, 5.41) is 2.88. The van der Waals surface area contributed by atoms with Gasteiger partial charge in [-0.1, -0.05) is 49.4 Å². The first-order chi connectivity index (χ1) is 12.2. The highest BCUT2D eigenvalue weighted by molar-refractivity contribution is 7.92. The summed E-state index contributed by atoms with van der Waals surface area (Å²) < 4.78 is 25.5. The second kappa shape index (κ2) is 8.36. The fraction of sp³-hybridized carbons (Fsp3) is 0.350. The molecule has 140 valence electrons. The van der Waals surface area contributed by atoms with E-state index in [2.05, 4.69) is 12.2 Å². The summed E-state index contributed by atoms with van der Waals surface area (Å²) in [4.78, 5) is 12.5. The number of benzene rings is 2. The standard InChI is InChI=1S/C20H26N2O3S/c1-5-17-10-12-18(13-11-17)16(3)21-20(23)14-22(26(4,24)25)19-9-7-6-8-15(19)2/h6-13,16H,5,14H2,1-4H3,(H,21,23). The third kappa shape index (κ3) is 5.08. The molecule has 0 radical (unpaired) electrons. The summed E-state index contributed by atoms with van der Waals surface area (Å²) in [5.41, 5.74) is 3.53. The van der Waals surface area contributed by atoms with E-state index in [9.17, 15) is 13.2 Å². The molecule has 1 amide bonds. The average Bonchev–Trinajstić information content (AvgIpc) is 2.59. The van der Waals surface area contributed by atoms with Gasteiger partial charge < -0.3 is 5.32 Å². The lowest BCUT2D eigenvalue weighted by atomic mass is 10.1. The zero-order valence-corrected chi connectivity index (χ0v) is 16.5. The molecule has 0 fully saturated rings. The Morgan fingerprint density at radius 1 is 1.12 bits per heavy atom. The molecule has 0 aliphatic carbocycles. The molecule has 26 heavy (non-hydrogen) atoms. The number of amides is 1. The number of anilines is 1. The van der Waals surface area contributed by atoms with E-state index in [0.29, 0.717) is 5.69 Å². The lowest BCUT2D eigenvalue weighted by Crippen LogP contribution is -2.41. The number of nitrogens with zero attached hydrogens (tertiary/aromatic N) is 1. The molecule has 0 spiro atoms. The highest BCUT2D eigenvalue weighted by atomic mass is 32.2. The van der Waals surface area contributed by atoms with Crippen LogP contribution < -0.4 is 9.62 Å². The highest BCUT2D eigenvalue weighted by Gasteiger charge is 2.23. The van der Waals surface area contributed by atoms with Gasteiger partial charge in [-0.05, 0) is 43.0 Å². The molecule has 2 aromatic carbocycles. The van der Waals surface area contributed by atoms with Gasteiger partial charge in [-0.25, -0.2) is 8.42 Å². The van der Waals surface area contributed by atoms with E-state index in [1.165, 1.54) is 5.56 Å². The molecule has 0 heterocycles. The van der Waals surface area contributed by atoms with Gasteiger partial charge in [0, 0.05) is 0 Å². The zero-order valence-electron chi connectivity index (χ0n) is 15.7. The van der Waals surface area contributed by atoms with Gasteiger partial charge in [0.2, 0.25) is 15.9 Å². The SMILES string of the molecule is CCc1ccc(C(C)NC(=O)CN(c2ccccc2C)S(C)(=O)=O)cc1. The first-order valence-electron chi connectivity index (χ1n) is 8.64. The van der Waals surface area contributed by atoms with Crippen LogP contribution in [0.3, 0.4) is 0 Å². The van der Waals surface area contributed by atoms with Gasteiger partial charge in [0.05, 0.1) is 18.0 Å². The van der Waals surface area contributed by atoms with Gasteiger partial charge in [-0.2, -0.15) is 0 Å².